The van der Waals surface area contributed by atoms with Gasteiger partial charge in [0.2, 0.25) is 16.7 Å². The quantitative estimate of drug-likeness (QED) is 0.636. The maximum absolute atomic E-state index is 13.9. The SMILES string of the molecule is Cc1cccc(N2C(=O)CSC23C(=O)N(CC(=O)NCc2ccccc2)c2ccccc23)c1. The molecule has 6 nitrogen and oxygen atoms in total. The van der Waals surface area contributed by atoms with Gasteiger partial charge >= 0.3 is 0 Å². The highest BCUT2D eigenvalue weighted by atomic mass is 32.2. The van der Waals surface area contributed by atoms with Gasteiger partial charge in [-0.1, -0.05) is 60.7 Å². The molecule has 3 amide bonds. The Labute approximate surface area is 196 Å². The zero-order chi connectivity index (χ0) is 23.0. The van der Waals surface area contributed by atoms with Crippen molar-refractivity contribution in [2.45, 2.75) is 18.3 Å². The Morgan fingerprint density at radius 2 is 1.76 bits per heavy atom. The highest BCUT2D eigenvalue weighted by Crippen LogP contribution is 2.55. The first-order valence-corrected chi connectivity index (χ1v) is 11.7. The Balaban J connectivity index is 1.47. The average Bonchev–Trinajstić information content (AvgIpc) is 3.29. The molecule has 0 saturated carbocycles. The van der Waals surface area contributed by atoms with Crippen molar-refractivity contribution in [1.82, 2.24) is 5.32 Å². The van der Waals surface area contributed by atoms with E-state index >= 15 is 0 Å². The van der Waals surface area contributed by atoms with Crippen LogP contribution in [-0.2, 0) is 25.8 Å². The van der Waals surface area contributed by atoms with Crippen molar-refractivity contribution >= 4 is 40.9 Å². The topological polar surface area (TPSA) is 69.7 Å². The lowest BCUT2D eigenvalue weighted by molar-refractivity contribution is -0.125. The summed E-state index contributed by atoms with van der Waals surface area (Å²) in [7, 11) is 0. The third kappa shape index (κ3) is 3.58. The standard InChI is InChI=1S/C26H23N3O3S/c1-18-8-7-11-20(14-18)29-24(31)17-33-26(29)21-12-5-6-13-22(21)28(25(26)32)16-23(30)27-15-19-9-3-2-4-10-19/h2-14H,15-17H2,1H3,(H,27,30). The van der Waals surface area contributed by atoms with E-state index in [4.69, 9.17) is 0 Å². The smallest absolute Gasteiger partial charge is 0.269 e. The first-order valence-electron chi connectivity index (χ1n) is 10.8. The van der Waals surface area contributed by atoms with Gasteiger partial charge in [0.05, 0.1) is 11.4 Å². The van der Waals surface area contributed by atoms with Crippen molar-refractivity contribution in [2.75, 3.05) is 22.1 Å². The van der Waals surface area contributed by atoms with Gasteiger partial charge in [-0.15, -0.1) is 11.8 Å². The first-order chi connectivity index (χ1) is 16.0. The van der Waals surface area contributed by atoms with Crippen molar-refractivity contribution in [2.24, 2.45) is 0 Å². The highest BCUT2D eigenvalue weighted by Gasteiger charge is 2.61. The molecule has 0 radical (unpaired) electrons. The van der Waals surface area contributed by atoms with E-state index in [0.29, 0.717) is 17.9 Å². The maximum Gasteiger partial charge on any atom is 0.269 e. The van der Waals surface area contributed by atoms with E-state index in [-0.39, 0.29) is 30.0 Å². The van der Waals surface area contributed by atoms with Crippen molar-refractivity contribution in [1.29, 1.82) is 0 Å². The van der Waals surface area contributed by atoms with Crippen LogP contribution in [0.5, 0.6) is 0 Å². The highest BCUT2D eigenvalue weighted by molar-refractivity contribution is 8.02. The van der Waals surface area contributed by atoms with E-state index in [9.17, 15) is 14.4 Å². The molecule has 1 atom stereocenters. The van der Waals surface area contributed by atoms with Crippen LogP contribution < -0.4 is 15.1 Å². The number of hydrogen-bond donors (Lipinski definition) is 1. The Hall–Kier alpha value is -3.58. The van der Waals surface area contributed by atoms with Crippen LogP contribution in [0.15, 0.2) is 78.9 Å². The molecule has 1 spiro atoms. The van der Waals surface area contributed by atoms with Gasteiger partial charge in [0.15, 0.2) is 0 Å². The maximum atomic E-state index is 13.9. The number of aryl methyl sites for hydroxylation is 1. The Kier molecular flexibility index (Phi) is 5.42. The number of para-hydroxylation sites is 1. The molecule has 7 heteroatoms. The monoisotopic (exact) mass is 457 g/mol. The van der Waals surface area contributed by atoms with Gasteiger partial charge in [0.25, 0.3) is 5.91 Å². The van der Waals surface area contributed by atoms with Gasteiger partial charge in [0, 0.05) is 17.8 Å². The molecule has 166 valence electrons. The van der Waals surface area contributed by atoms with Crippen LogP contribution in [-0.4, -0.2) is 30.0 Å². The molecule has 3 aromatic carbocycles. The molecule has 5 rings (SSSR count). The Morgan fingerprint density at radius 3 is 2.55 bits per heavy atom. The molecule has 0 aliphatic carbocycles. The second-order valence-corrected chi connectivity index (χ2v) is 9.34. The molecule has 0 aromatic heterocycles. The fraction of sp³-hybridized carbons (Fsp3) is 0.192. The number of thioether (sulfide) groups is 1. The summed E-state index contributed by atoms with van der Waals surface area (Å²) in [6.45, 7) is 2.23. The number of carbonyl (C=O) groups is 3. The van der Waals surface area contributed by atoms with Gasteiger partial charge < -0.3 is 5.32 Å². The van der Waals surface area contributed by atoms with Gasteiger partial charge in [-0.3, -0.25) is 24.2 Å². The zero-order valence-electron chi connectivity index (χ0n) is 18.2. The number of rotatable bonds is 5. The fourth-order valence-corrected chi connectivity index (χ4v) is 5.83. The van der Waals surface area contributed by atoms with Crippen LogP contribution in [0.2, 0.25) is 0 Å². The summed E-state index contributed by atoms with van der Waals surface area (Å²) in [4.78, 5) is 41.7. The summed E-state index contributed by atoms with van der Waals surface area (Å²) in [6.07, 6.45) is 0. The number of carbonyl (C=O) groups excluding carboxylic acids is 3. The van der Waals surface area contributed by atoms with Crippen LogP contribution in [0.1, 0.15) is 16.7 Å². The molecule has 33 heavy (non-hydrogen) atoms. The van der Waals surface area contributed by atoms with Crippen LogP contribution in [0, 0.1) is 6.92 Å². The molecule has 1 N–H and O–H groups in total. The summed E-state index contributed by atoms with van der Waals surface area (Å²) < 4.78 is 0. The number of benzene rings is 3. The lowest BCUT2D eigenvalue weighted by atomic mass is 10.0. The molecule has 3 aromatic rings. The van der Waals surface area contributed by atoms with Gasteiger partial charge in [-0.05, 0) is 36.2 Å². The predicted molar refractivity (Wildman–Crippen MR) is 130 cm³/mol. The number of anilines is 2. The first kappa shape index (κ1) is 21.3. The van der Waals surface area contributed by atoms with E-state index in [1.165, 1.54) is 16.7 Å². The normalized spacial score (nSPS) is 19.3. The largest absolute Gasteiger partial charge is 0.350 e. The molecule has 2 aliphatic rings. The number of fused-ring (bicyclic) bond motifs is 2. The van der Waals surface area contributed by atoms with Crippen LogP contribution in [0.25, 0.3) is 0 Å². The summed E-state index contributed by atoms with van der Waals surface area (Å²) >= 11 is 1.31. The third-order valence-corrected chi connectivity index (χ3v) is 7.34. The molecule has 1 saturated heterocycles. The molecule has 2 heterocycles. The van der Waals surface area contributed by atoms with E-state index in [2.05, 4.69) is 5.32 Å². The van der Waals surface area contributed by atoms with Crippen molar-refractivity contribution in [3.63, 3.8) is 0 Å². The summed E-state index contributed by atoms with van der Waals surface area (Å²) in [5.41, 5.74) is 4.07. The number of amides is 3. The molecular formula is C26H23N3O3S. The van der Waals surface area contributed by atoms with Gasteiger partial charge in [-0.25, -0.2) is 0 Å². The molecule has 2 aliphatic heterocycles. The van der Waals surface area contributed by atoms with Crippen LogP contribution in [0.4, 0.5) is 11.4 Å². The number of nitrogens with one attached hydrogen (secondary N) is 1. The van der Waals surface area contributed by atoms with E-state index in [0.717, 1.165) is 16.7 Å². The fourth-order valence-electron chi connectivity index (χ4n) is 4.48. The number of nitrogens with zero attached hydrogens (tertiary/aromatic N) is 2. The van der Waals surface area contributed by atoms with Crippen molar-refractivity contribution < 1.29 is 14.4 Å². The summed E-state index contributed by atoms with van der Waals surface area (Å²) in [5, 5.41) is 2.90. The lowest BCUT2D eigenvalue weighted by Crippen LogP contribution is -2.51. The van der Waals surface area contributed by atoms with E-state index < -0.39 is 4.87 Å². The second-order valence-electron chi connectivity index (χ2n) is 8.17. The van der Waals surface area contributed by atoms with Gasteiger partial charge in [-0.2, -0.15) is 0 Å². The minimum Gasteiger partial charge on any atom is -0.350 e. The molecular weight excluding hydrogens is 434 g/mol. The van der Waals surface area contributed by atoms with Gasteiger partial charge in [0.1, 0.15) is 6.54 Å². The second kappa shape index (κ2) is 8.41. The van der Waals surface area contributed by atoms with E-state index in [1.54, 1.807) is 4.90 Å². The summed E-state index contributed by atoms with van der Waals surface area (Å²) in [6, 6.07) is 24.7. The van der Waals surface area contributed by atoms with Crippen molar-refractivity contribution in [3.8, 4) is 0 Å². The van der Waals surface area contributed by atoms with Crippen molar-refractivity contribution in [3.05, 3.63) is 95.6 Å². The zero-order valence-corrected chi connectivity index (χ0v) is 19.0. The molecule has 1 unspecified atom stereocenters. The minimum absolute atomic E-state index is 0.110. The predicted octanol–water partition coefficient (Wildman–Crippen LogP) is 3.59. The summed E-state index contributed by atoms with van der Waals surface area (Å²) in [5.74, 6) is -0.447. The third-order valence-electron chi connectivity index (χ3n) is 5.96. The molecule has 1 fully saturated rings. The lowest BCUT2D eigenvalue weighted by Gasteiger charge is -2.33. The van der Waals surface area contributed by atoms with E-state index in [1.807, 2.05) is 85.8 Å². The van der Waals surface area contributed by atoms with Crippen LogP contribution in [0.3, 0.4) is 0 Å². The molecule has 0 bridgehead atoms. The van der Waals surface area contributed by atoms with Crippen LogP contribution >= 0.6 is 11.8 Å². The number of hydrogen-bond acceptors (Lipinski definition) is 4. The Morgan fingerprint density at radius 1 is 1.00 bits per heavy atom. The minimum atomic E-state index is -1.21. The Bertz CT molecular complexity index is 1250. The average molecular weight is 458 g/mol.